The lowest BCUT2D eigenvalue weighted by Gasteiger charge is -2.38. The molecule has 1 unspecified atom stereocenters. The fourth-order valence-electron chi connectivity index (χ4n) is 2.39. The molecule has 1 aliphatic rings. The Morgan fingerprint density at radius 2 is 2.05 bits per heavy atom. The number of carbonyl (C=O) groups is 4. The Hall–Kier alpha value is -2.18. The van der Waals surface area contributed by atoms with E-state index in [0.717, 1.165) is 4.90 Å². The van der Waals surface area contributed by atoms with E-state index in [1.54, 1.807) is 6.92 Å². The molecule has 1 rings (SSSR count). The maximum Gasteiger partial charge on any atom is 0.331 e. The molecular formula is C14H20N2O5. The van der Waals surface area contributed by atoms with Crippen molar-refractivity contribution in [1.82, 2.24) is 10.2 Å². The van der Waals surface area contributed by atoms with Crippen LogP contribution in [0.15, 0.2) is 12.7 Å². The van der Waals surface area contributed by atoms with Crippen LogP contribution in [0.2, 0.25) is 0 Å². The summed E-state index contributed by atoms with van der Waals surface area (Å²) >= 11 is 0. The Bertz CT molecular complexity index is 474. The molecule has 0 aromatic rings. The average molecular weight is 296 g/mol. The molecule has 0 bridgehead atoms. The number of allylic oxidation sites excluding steroid dienone is 1. The second-order valence-electron chi connectivity index (χ2n) is 4.78. The van der Waals surface area contributed by atoms with E-state index in [1.165, 1.54) is 6.08 Å². The Morgan fingerprint density at radius 3 is 2.57 bits per heavy atom. The highest BCUT2D eigenvalue weighted by Crippen LogP contribution is 2.34. The van der Waals surface area contributed by atoms with Gasteiger partial charge in [-0.05, 0) is 19.8 Å². The summed E-state index contributed by atoms with van der Waals surface area (Å²) in [5.41, 5.74) is -1.38. The molecule has 7 heteroatoms. The fourth-order valence-corrected chi connectivity index (χ4v) is 2.39. The summed E-state index contributed by atoms with van der Waals surface area (Å²) in [6.45, 7) is 6.65. The molecule has 7 nitrogen and oxygen atoms in total. The van der Waals surface area contributed by atoms with Crippen LogP contribution < -0.4 is 5.32 Å². The highest BCUT2D eigenvalue weighted by Gasteiger charge is 2.52. The summed E-state index contributed by atoms with van der Waals surface area (Å²) in [7, 11) is 0. The first-order valence-corrected chi connectivity index (χ1v) is 6.86. The lowest BCUT2D eigenvalue weighted by Crippen LogP contribution is -2.64. The number of urea groups is 1. The molecule has 0 saturated carbocycles. The summed E-state index contributed by atoms with van der Waals surface area (Å²) < 4.78 is 4.74. The number of ether oxygens (including phenoxy) is 1. The van der Waals surface area contributed by atoms with Gasteiger partial charge in [-0.1, -0.05) is 19.4 Å². The van der Waals surface area contributed by atoms with Gasteiger partial charge in [0.25, 0.3) is 0 Å². The van der Waals surface area contributed by atoms with Crippen LogP contribution in [0.3, 0.4) is 0 Å². The molecule has 1 saturated heterocycles. The van der Waals surface area contributed by atoms with Crippen LogP contribution in [-0.4, -0.2) is 41.9 Å². The van der Waals surface area contributed by atoms with Crippen LogP contribution in [0.5, 0.6) is 0 Å². The highest BCUT2D eigenvalue weighted by atomic mass is 16.5. The molecule has 1 aliphatic heterocycles. The van der Waals surface area contributed by atoms with Gasteiger partial charge in [0, 0.05) is 0 Å². The Kier molecular flexibility index (Phi) is 5.63. The number of barbiturate groups is 1. The molecule has 0 aromatic carbocycles. The zero-order chi connectivity index (χ0) is 16.0. The molecule has 21 heavy (non-hydrogen) atoms. The van der Waals surface area contributed by atoms with Gasteiger partial charge in [0.1, 0.15) is 12.0 Å². The van der Waals surface area contributed by atoms with E-state index < -0.39 is 35.8 Å². The minimum Gasteiger partial charge on any atom is -0.465 e. The highest BCUT2D eigenvalue weighted by molar-refractivity contribution is 6.19. The van der Waals surface area contributed by atoms with Gasteiger partial charge in [0.15, 0.2) is 0 Å². The predicted octanol–water partition coefficient (Wildman–Crippen LogP) is 0.990. The second kappa shape index (κ2) is 7.01. The lowest BCUT2D eigenvalue weighted by molar-refractivity contribution is -0.157. The van der Waals surface area contributed by atoms with Crippen molar-refractivity contribution in [3.05, 3.63) is 12.7 Å². The normalized spacial score (nSPS) is 22.0. The number of amides is 4. The maximum absolute atomic E-state index is 12.6. The third-order valence-corrected chi connectivity index (χ3v) is 3.32. The summed E-state index contributed by atoms with van der Waals surface area (Å²) in [5.74, 6) is -2.01. The molecular weight excluding hydrogens is 276 g/mol. The molecule has 0 aliphatic carbocycles. The number of hydrogen-bond acceptors (Lipinski definition) is 5. The first-order chi connectivity index (χ1) is 9.92. The molecule has 116 valence electrons. The van der Waals surface area contributed by atoms with Gasteiger partial charge in [-0.15, -0.1) is 6.58 Å². The van der Waals surface area contributed by atoms with Crippen LogP contribution in [0, 0.1) is 5.41 Å². The summed E-state index contributed by atoms with van der Waals surface area (Å²) in [6, 6.07) is -0.895. The van der Waals surface area contributed by atoms with Gasteiger partial charge in [0.05, 0.1) is 6.61 Å². The Balaban J connectivity index is 3.08. The minimum atomic E-state index is -1.38. The first kappa shape index (κ1) is 16.9. The average Bonchev–Trinajstić information content (AvgIpc) is 2.42. The lowest BCUT2D eigenvalue weighted by atomic mass is 9.76. The Labute approximate surface area is 123 Å². The number of carbonyl (C=O) groups excluding carboxylic acids is 4. The van der Waals surface area contributed by atoms with Gasteiger partial charge < -0.3 is 4.74 Å². The zero-order valence-corrected chi connectivity index (χ0v) is 12.3. The smallest absolute Gasteiger partial charge is 0.331 e. The molecule has 1 heterocycles. The minimum absolute atomic E-state index is 0.109. The SMILES string of the molecule is C=CCC1(CCC)C(=O)NC(=O)N(CC(=O)OCC)C1=O. The quantitative estimate of drug-likeness (QED) is 0.429. The third-order valence-electron chi connectivity index (χ3n) is 3.32. The van der Waals surface area contributed by atoms with Crippen molar-refractivity contribution >= 4 is 23.8 Å². The fraction of sp³-hybridized carbons (Fsp3) is 0.571. The van der Waals surface area contributed by atoms with Crippen molar-refractivity contribution in [3.8, 4) is 0 Å². The van der Waals surface area contributed by atoms with Gasteiger partial charge in [-0.25, -0.2) is 4.79 Å². The van der Waals surface area contributed by atoms with E-state index in [4.69, 9.17) is 4.74 Å². The summed E-state index contributed by atoms with van der Waals surface area (Å²) in [6.07, 6.45) is 2.42. The summed E-state index contributed by atoms with van der Waals surface area (Å²) in [5, 5.41) is 2.14. The molecule has 1 N–H and O–H groups in total. The van der Waals surface area contributed by atoms with E-state index in [1.807, 2.05) is 6.92 Å². The summed E-state index contributed by atoms with van der Waals surface area (Å²) in [4.78, 5) is 48.7. The van der Waals surface area contributed by atoms with E-state index in [2.05, 4.69) is 11.9 Å². The van der Waals surface area contributed by atoms with E-state index in [0.29, 0.717) is 6.42 Å². The number of esters is 1. The van der Waals surface area contributed by atoms with Crippen molar-refractivity contribution in [3.63, 3.8) is 0 Å². The van der Waals surface area contributed by atoms with Crippen LogP contribution in [0.1, 0.15) is 33.1 Å². The van der Waals surface area contributed by atoms with Crippen LogP contribution >= 0.6 is 0 Å². The molecule has 1 fully saturated rings. The van der Waals surface area contributed by atoms with E-state index >= 15 is 0 Å². The number of nitrogens with zero attached hydrogens (tertiary/aromatic N) is 1. The molecule has 0 spiro atoms. The van der Waals surface area contributed by atoms with Crippen molar-refractivity contribution in [2.45, 2.75) is 33.1 Å². The topological polar surface area (TPSA) is 92.8 Å². The number of imide groups is 2. The molecule has 1 atom stereocenters. The Morgan fingerprint density at radius 1 is 1.38 bits per heavy atom. The van der Waals surface area contributed by atoms with Gasteiger partial charge >= 0.3 is 12.0 Å². The number of rotatable bonds is 7. The standard InChI is InChI=1S/C14H20N2O5/c1-4-7-14(8-5-2)11(18)15-13(20)16(12(14)19)9-10(17)21-6-3/h4H,1,5-9H2,2-3H3,(H,15,18,20). The first-order valence-electron chi connectivity index (χ1n) is 6.86. The van der Waals surface area contributed by atoms with Crippen molar-refractivity contribution < 1.29 is 23.9 Å². The van der Waals surface area contributed by atoms with Crippen LogP contribution in [-0.2, 0) is 19.1 Å². The molecule has 0 aromatic heterocycles. The van der Waals surface area contributed by atoms with Crippen LogP contribution in [0.25, 0.3) is 0 Å². The van der Waals surface area contributed by atoms with Crippen LogP contribution in [0.4, 0.5) is 4.79 Å². The maximum atomic E-state index is 12.6. The van der Waals surface area contributed by atoms with Crippen molar-refractivity contribution in [2.75, 3.05) is 13.2 Å². The predicted molar refractivity (Wildman–Crippen MR) is 74.0 cm³/mol. The second-order valence-corrected chi connectivity index (χ2v) is 4.78. The van der Waals surface area contributed by atoms with Gasteiger partial charge in [-0.3, -0.25) is 24.6 Å². The van der Waals surface area contributed by atoms with E-state index in [-0.39, 0.29) is 19.4 Å². The monoisotopic (exact) mass is 296 g/mol. The molecule has 0 radical (unpaired) electrons. The van der Waals surface area contributed by atoms with Crippen molar-refractivity contribution in [1.29, 1.82) is 0 Å². The molecule has 4 amide bonds. The van der Waals surface area contributed by atoms with Gasteiger partial charge in [-0.2, -0.15) is 0 Å². The van der Waals surface area contributed by atoms with E-state index in [9.17, 15) is 19.2 Å². The van der Waals surface area contributed by atoms with Gasteiger partial charge in [0.2, 0.25) is 11.8 Å². The van der Waals surface area contributed by atoms with Crippen molar-refractivity contribution in [2.24, 2.45) is 5.41 Å². The zero-order valence-electron chi connectivity index (χ0n) is 12.3. The number of nitrogens with one attached hydrogen (secondary N) is 1. The third kappa shape index (κ3) is 3.29. The number of hydrogen-bond donors (Lipinski definition) is 1. The largest absolute Gasteiger partial charge is 0.465 e.